The largest absolute Gasteiger partial charge is 0.496 e. The minimum atomic E-state index is -3.55. The Bertz CT molecular complexity index is 727. The van der Waals surface area contributed by atoms with E-state index in [1.807, 2.05) is 6.92 Å². The van der Waals surface area contributed by atoms with Crippen molar-refractivity contribution in [3.8, 4) is 5.75 Å². The molecule has 21 heavy (non-hydrogen) atoms. The molecule has 112 valence electrons. The minimum absolute atomic E-state index is 0.210. The van der Waals surface area contributed by atoms with Gasteiger partial charge in [0.05, 0.1) is 12.9 Å². The lowest BCUT2D eigenvalue weighted by Crippen LogP contribution is -2.15. The summed E-state index contributed by atoms with van der Waals surface area (Å²) in [5.41, 5.74) is 1.82. The van der Waals surface area contributed by atoms with Crippen molar-refractivity contribution in [1.82, 2.24) is 0 Å². The molecule has 0 aliphatic rings. The highest BCUT2D eigenvalue weighted by atomic mass is 32.2. The molecule has 0 heterocycles. The highest BCUT2D eigenvalue weighted by molar-refractivity contribution is 7.91. The second-order valence-electron chi connectivity index (χ2n) is 4.67. The van der Waals surface area contributed by atoms with Crippen LogP contribution in [-0.2, 0) is 15.8 Å². The standard InChI is InChI=1S/C15H16FNO3S/c1-11-9-14(7-8-15(11)20-2)17-21(18,19)10-12-3-5-13(16)6-4-12/h3-9,17H,10H2,1-2H3. The van der Waals surface area contributed by atoms with E-state index in [-0.39, 0.29) is 5.75 Å². The maximum atomic E-state index is 12.8. The van der Waals surface area contributed by atoms with E-state index in [0.29, 0.717) is 17.0 Å². The quantitative estimate of drug-likeness (QED) is 0.923. The summed E-state index contributed by atoms with van der Waals surface area (Å²) in [6.07, 6.45) is 0. The SMILES string of the molecule is COc1ccc(NS(=O)(=O)Cc2ccc(F)cc2)cc1C. The number of benzene rings is 2. The molecule has 0 saturated heterocycles. The van der Waals surface area contributed by atoms with E-state index in [9.17, 15) is 12.8 Å². The topological polar surface area (TPSA) is 55.4 Å². The lowest BCUT2D eigenvalue weighted by molar-refractivity contribution is 0.412. The molecule has 2 rings (SSSR count). The second-order valence-corrected chi connectivity index (χ2v) is 6.39. The van der Waals surface area contributed by atoms with Crippen LogP contribution in [0.5, 0.6) is 5.75 Å². The van der Waals surface area contributed by atoms with Crippen molar-refractivity contribution >= 4 is 15.7 Å². The van der Waals surface area contributed by atoms with Crippen LogP contribution in [0, 0.1) is 12.7 Å². The fourth-order valence-electron chi connectivity index (χ4n) is 1.96. The number of aryl methyl sites for hydroxylation is 1. The monoisotopic (exact) mass is 309 g/mol. The number of anilines is 1. The van der Waals surface area contributed by atoms with E-state index >= 15 is 0 Å². The van der Waals surface area contributed by atoms with Crippen molar-refractivity contribution in [2.75, 3.05) is 11.8 Å². The van der Waals surface area contributed by atoms with Gasteiger partial charge in [0, 0.05) is 5.69 Å². The van der Waals surface area contributed by atoms with E-state index in [2.05, 4.69) is 4.72 Å². The normalized spacial score (nSPS) is 11.2. The smallest absolute Gasteiger partial charge is 0.236 e. The van der Waals surface area contributed by atoms with Gasteiger partial charge in [0.1, 0.15) is 11.6 Å². The summed E-state index contributed by atoms with van der Waals surface area (Å²) in [7, 11) is -1.99. The molecule has 0 spiro atoms. The van der Waals surface area contributed by atoms with Crippen molar-refractivity contribution < 1.29 is 17.5 Å². The Labute approximate surface area is 123 Å². The average Bonchev–Trinajstić information content (AvgIpc) is 2.41. The van der Waals surface area contributed by atoms with Gasteiger partial charge >= 0.3 is 0 Å². The average molecular weight is 309 g/mol. The molecule has 2 aromatic carbocycles. The number of ether oxygens (including phenoxy) is 1. The van der Waals surface area contributed by atoms with Crippen LogP contribution >= 0.6 is 0 Å². The fraction of sp³-hybridized carbons (Fsp3) is 0.200. The lowest BCUT2D eigenvalue weighted by Gasteiger charge is -2.10. The first-order chi connectivity index (χ1) is 9.89. The first-order valence-corrected chi connectivity index (χ1v) is 7.94. The van der Waals surface area contributed by atoms with Crippen LogP contribution < -0.4 is 9.46 Å². The summed E-state index contributed by atoms with van der Waals surface area (Å²) < 4.78 is 44.6. The Balaban J connectivity index is 2.13. The number of hydrogen-bond acceptors (Lipinski definition) is 3. The van der Waals surface area contributed by atoms with Gasteiger partial charge in [-0.15, -0.1) is 0 Å². The van der Waals surface area contributed by atoms with Crippen LogP contribution in [0.25, 0.3) is 0 Å². The van der Waals surface area contributed by atoms with Gasteiger partial charge in [-0.2, -0.15) is 0 Å². The van der Waals surface area contributed by atoms with Gasteiger partial charge in [-0.3, -0.25) is 4.72 Å². The van der Waals surface area contributed by atoms with Crippen molar-refractivity contribution in [2.45, 2.75) is 12.7 Å². The molecular weight excluding hydrogens is 293 g/mol. The molecule has 0 aliphatic carbocycles. The molecular formula is C15H16FNO3S. The fourth-order valence-corrected chi connectivity index (χ4v) is 3.15. The molecule has 1 N–H and O–H groups in total. The first kappa shape index (κ1) is 15.3. The number of sulfonamides is 1. The van der Waals surface area contributed by atoms with E-state index < -0.39 is 15.8 Å². The molecule has 0 aliphatic heterocycles. The van der Waals surface area contributed by atoms with Gasteiger partial charge in [0.15, 0.2) is 0 Å². The number of hydrogen-bond donors (Lipinski definition) is 1. The van der Waals surface area contributed by atoms with Crippen molar-refractivity contribution in [2.24, 2.45) is 0 Å². The maximum Gasteiger partial charge on any atom is 0.236 e. The van der Waals surface area contributed by atoms with Crippen molar-refractivity contribution in [3.05, 3.63) is 59.4 Å². The van der Waals surface area contributed by atoms with E-state index in [1.165, 1.54) is 24.3 Å². The van der Waals surface area contributed by atoms with Crippen LogP contribution in [0.4, 0.5) is 10.1 Å². The van der Waals surface area contributed by atoms with Gasteiger partial charge in [-0.25, -0.2) is 12.8 Å². The second kappa shape index (κ2) is 6.13. The Kier molecular flexibility index (Phi) is 4.47. The van der Waals surface area contributed by atoms with Crippen molar-refractivity contribution in [3.63, 3.8) is 0 Å². The van der Waals surface area contributed by atoms with Gasteiger partial charge in [-0.1, -0.05) is 12.1 Å². The molecule has 6 heteroatoms. The molecule has 0 aromatic heterocycles. The number of halogens is 1. The summed E-state index contributed by atoms with van der Waals surface area (Å²) in [4.78, 5) is 0. The summed E-state index contributed by atoms with van der Waals surface area (Å²) in [5.74, 6) is 0.0876. The zero-order valence-corrected chi connectivity index (χ0v) is 12.6. The molecule has 0 amide bonds. The minimum Gasteiger partial charge on any atom is -0.496 e. The summed E-state index contributed by atoms with van der Waals surface area (Å²) in [6, 6.07) is 10.4. The van der Waals surface area contributed by atoms with Gasteiger partial charge in [-0.05, 0) is 48.4 Å². The summed E-state index contributed by atoms with van der Waals surface area (Å²) >= 11 is 0. The van der Waals surface area contributed by atoms with Gasteiger partial charge < -0.3 is 4.74 Å². The van der Waals surface area contributed by atoms with Crippen LogP contribution in [-0.4, -0.2) is 15.5 Å². The lowest BCUT2D eigenvalue weighted by atomic mass is 10.2. The molecule has 0 unspecified atom stereocenters. The zero-order valence-electron chi connectivity index (χ0n) is 11.8. The highest BCUT2D eigenvalue weighted by Crippen LogP contribution is 2.22. The molecule has 0 saturated carbocycles. The van der Waals surface area contributed by atoms with E-state index in [4.69, 9.17) is 4.74 Å². The third-order valence-electron chi connectivity index (χ3n) is 2.94. The molecule has 4 nitrogen and oxygen atoms in total. The third kappa shape index (κ3) is 4.19. The Morgan fingerprint density at radius 2 is 1.81 bits per heavy atom. The van der Waals surface area contributed by atoms with Crippen LogP contribution in [0.1, 0.15) is 11.1 Å². The zero-order chi connectivity index (χ0) is 15.5. The maximum absolute atomic E-state index is 12.8. The molecule has 0 bridgehead atoms. The Morgan fingerprint density at radius 3 is 2.38 bits per heavy atom. The summed E-state index contributed by atoms with van der Waals surface area (Å²) in [5, 5.41) is 0. The molecule has 2 aromatic rings. The van der Waals surface area contributed by atoms with Crippen LogP contribution in [0.15, 0.2) is 42.5 Å². The predicted molar refractivity (Wildman–Crippen MR) is 80.4 cm³/mol. The van der Waals surface area contributed by atoms with E-state index in [1.54, 1.807) is 25.3 Å². The number of methoxy groups -OCH3 is 1. The van der Waals surface area contributed by atoms with Crippen LogP contribution in [0.2, 0.25) is 0 Å². The molecule has 0 fully saturated rings. The van der Waals surface area contributed by atoms with Crippen molar-refractivity contribution in [1.29, 1.82) is 0 Å². The number of rotatable bonds is 5. The van der Waals surface area contributed by atoms with Crippen LogP contribution in [0.3, 0.4) is 0 Å². The molecule has 0 radical (unpaired) electrons. The highest BCUT2D eigenvalue weighted by Gasteiger charge is 2.12. The Morgan fingerprint density at radius 1 is 1.14 bits per heavy atom. The predicted octanol–water partition coefficient (Wildman–Crippen LogP) is 3.08. The Hall–Kier alpha value is -2.08. The summed E-state index contributed by atoms with van der Waals surface area (Å²) in [6.45, 7) is 1.83. The third-order valence-corrected chi connectivity index (χ3v) is 4.20. The molecule has 0 atom stereocenters. The van der Waals surface area contributed by atoms with E-state index in [0.717, 1.165) is 5.56 Å². The van der Waals surface area contributed by atoms with Gasteiger partial charge in [0.2, 0.25) is 10.0 Å². The number of nitrogens with one attached hydrogen (secondary N) is 1. The van der Waals surface area contributed by atoms with Gasteiger partial charge in [0.25, 0.3) is 0 Å². The first-order valence-electron chi connectivity index (χ1n) is 6.29.